The van der Waals surface area contributed by atoms with Crippen LogP contribution in [0.15, 0.2) is 53.4 Å². The Morgan fingerprint density at radius 2 is 1.90 bits per heavy atom. The lowest BCUT2D eigenvalue weighted by Crippen LogP contribution is -2.34. The van der Waals surface area contributed by atoms with Crippen molar-refractivity contribution in [3.8, 4) is 0 Å². The Balaban J connectivity index is 0.00000320. The molecule has 3 rings (SSSR count). The van der Waals surface area contributed by atoms with E-state index < -0.39 is 4.92 Å². The van der Waals surface area contributed by atoms with E-state index in [9.17, 15) is 14.9 Å². The Morgan fingerprint density at radius 3 is 2.57 bits per heavy atom. The van der Waals surface area contributed by atoms with Gasteiger partial charge in [0, 0.05) is 23.6 Å². The predicted octanol–water partition coefficient (Wildman–Crippen LogP) is 4.70. The van der Waals surface area contributed by atoms with E-state index in [1.54, 1.807) is 11.0 Å². The Hall–Kier alpha value is -2.20. The summed E-state index contributed by atoms with van der Waals surface area (Å²) in [6.45, 7) is 1.40. The quantitative estimate of drug-likeness (QED) is 0.258. The zero-order valence-corrected chi connectivity index (χ0v) is 19.1. The first kappa shape index (κ1) is 24.1. The molecule has 0 saturated carbocycles. The van der Waals surface area contributed by atoms with Crippen molar-refractivity contribution in [3.05, 3.63) is 58.6 Å². The number of carbonyl (C=O) groups is 1. The number of nitro groups is 1. The number of hydrogen-bond acceptors (Lipinski definition) is 7. The number of amides is 1. The molecule has 30 heavy (non-hydrogen) atoms. The number of carbonyl (C=O) groups excluding carboxylic acids is 1. The van der Waals surface area contributed by atoms with E-state index in [1.807, 2.05) is 44.4 Å². The molecule has 1 amide bonds. The number of thioether (sulfide) groups is 1. The number of halogens is 1. The molecule has 0 fully saturated rings. The fourth-order valence-corrected chi connectivity index (χ4v) is 4.58. The summed E-state index contributed by atoms with van der Waals surface area (Å²) in [4.78, 5) is 33.0. The largest absolute Gasteiger partial charge is 0.309 e. The van der Waals surface area contributed by atoms with Crippen molar-refractivity contribution in [3.63, 3.8) is 0 Å². The molecule has 0 bridgehead atoms. The molecule has 0 aliphatic rings. The van der Waals surface area contributed by atoms with Gasteiger partial charge in [-0.25, -0.2) is 4.98 Å². The van der Waals surface area contributed by atoms with Crippen LogP contribution in [0.1, 0.15) is 6.42 Å². The van der Waals surface area contributed by atoms with Crippen LogP contribution in [0, 0.1) is 10.1 Å². The maximum absolute atomic E-state index is 13.0. The smallest absolute Gasteiger partial charge is 0.270 e. The Labute approximate surface area is 189 Å². The molecule has 1 aromatic heterocycles. The lowest BCUT2D eigenvalue weighted by atomic mass is 10.3. The second kappa shape index (κ2) is 11.3. The molecule has 0 spiro atoms. The van der Waals surface area contributed by atoms with E-state index in [0.29, 0.717) is 27.6 Å². The number of non-ortho nitro benzene ring substituents is 1. The highest BCUT2D eigenvalue weighted by molar-refractivity contribution is 8.00. The number of nitrogens with zero attached hydrogens (tertiary/aromatic N) is 4. The summed E-state index contributed by atoms with van der Waals surface area (Å²) in [6.07, 6.45) is 0.810. The molecule has 0 atom stereocenters. The van der Waals surface area contributed by atoms with Crippen LogP contribution >= 0.6 is 35.5 Å². The summed E-state index contributed by atoms with van der Waals surface area (Å²) in [5.41, 5.74) is 0.689. The van der Waals surface area contributed by atoms with Gasteiger partial charge in [-0.15, -0.1) is 24.2 Å². The highest BCUT2D eigenvalue weighted by atomic mass is 35.5. The van der Waals surface area contributed by atoms with Crippen molar-refractivity contribution in [1.82, 2.24) is 9.88 Å². The molecule has 160 valence electrons. The van der Waals surface area contributed by atoms with Gasteiger partial charge in [-0.1, -0.05) is 29.5 Å². The third-order valence-electron chi connectivity index (χ3n) is 4.20. The fourth-order valence-electron chi connectivity index (χ4n) is 2.74. The van der Waals surface area contributed by atoms with Gasteiger partial charge in [0.15, 0.2) is 5.13 Å². The van der Waals surface area contributed by atoms with Gasteiger partial charge >= 0.3 is 0 Å². The van der Waals surface area contributed by atoms with Gasteiger partial charge in [0.25, 0.3) is 5.69 Å². The molecule has 2 aromatic carbocycles. The second-order valence-electron chi connectivity index (χ2n) is 6.71. The van der Waals surface area contributed by atoms with E-state index in [0.717, 1.165) is 17.9 Å². The molecule has 0 radical (unpaired) electrons. The lowest BCUT2D eigenvalue weighted by Gasteiger charge is -2.21. The summed E-state index contributed by atoms with van der Waals surface area (Å²) in [6, 6.07) is 14.4. The number of nitro benzene ring substituents is 1. The Kier molecular flexibility index (Phi) is 9.04. The Bertz CT molecular complexity index is 998. The fraction of sp³-hybridized carbons (Fsp3) is 0.300. The van der Waals surface area contributed by atoms with E-state index in [1.165, 1.54) is 35.2 Å². The summed E-state index contributed by atoms with van der Waals surface area (Å²) in [5, 5.41) is 11.6. The zero-order chi connectivity index (χ0) is 20.8. The third-order valence-corrected chi connectivity index (χ3v) is 6.23. The minimum Gasteiger partial charge on any atom is -0.309 e. The molecule has 0 N–H and O–H groups in total. The summed E-state index contributed by atoms with van der Waals surface area (Å²) >= 11 is 2.80. The van der Waals surface area contributed by atoms with Crippen molar-refractivity contribution < 1.29 is 9.72 Å². The van der Waals surface area contributed by atoms with Crippen molar-refractivity contribution >= 4 is 62.4 Å². The third kappa shape index (κ3) is 6.40. The molecule has 7 nitrogen and oxygen atoms in total. The predicted molar refractivity (Wildman–Crippen MR) is 126 cm³/mol. The minimum absolute atomic E-state index is 0. The number of hydrogen-bond donors (Lipinski definition) is 0. The van der Waals surface area contributed by atoms with Crippen molar-refractivity contribution in [2.75, 3.05) is 37.8 Å². The molecule has 10 heteroatoms. The van der Waals surface area contributed by atoms with E-state index in [2.05, 4.69) is 9.88 Å². The average molecular weight is 467 g/mol. The molecule has 0 unspecified atom stereocenters. The summed E-state index contributed by atoms with van der Waals surface area (Å²) < 4.78 is 0.704. The molecular weight excluding hydrogens is 444 g/mol. The topological polar surface area (TPSA) is 79.6 Å². The van der Waals surface area contributed by atoms with Gasteiger partial charge in [0.05, 0.1) is 20.9 Å². The highest BCUT2D eigenvalue weighted by Gasteiger charge is 2.20. The molecule has 0 saturated heterocycles. The van der Waals surface area contributed by atoms with Crippen molar-refractivity contribution in [1.29, 1.82) is 0 Å². The van der Waals surface area contributed by atoms with Crippen LogP contribution in [-0.4, -0.2) is 53.7 Å². The first-order valence-corrected chi connectivity index (χ1v) is 10.9. The van der Waals surface area contributed by atoms with Crippen molar-refractivity contribution in [2.24, 2.45) is 0 Å². The number of anilines is 1. The number of benzene rings is 2. The van der Waals surface area contributed by atoms with Crippen LogP contribution in [0.2, 0.25) is 0 Å². The first-order chi connectivity index (χ1) is 13.9. The number of aromatic nitrogens is 1. The standard InChI is InChI=1S/C20H22N4O3S2.ClH/c1-22(2)11-6-12-23(19(25)14-28-16-7-4-3-5-8-16)20-21-17-10-9-15(24(26)27)13-18(17)29-20;/h3-5,7-10,13H,6,11-12,14H2,1-2H3;1H. The summed E-state index contributed by atoms with van der Waals surface area (Å²) in [5.74, 6) is 0.286. The lowest BCUT2D eigenvalue weighted by molar-refractivity contribution is -0.384. The average Bonchev–Trinajstić information content (AvgIpc) is 3.12. The van der Waals surface area contributed by atoms with Crippen molar-refractivity contribution in [2.45, 2.75) is 11.3 Å². The minimum atomic E-state index is -0.421. The molecule has 0 aliphatic heterocycles. The van der Waals surface area contributed by atoms with Crippen LogP contribution in [0.3, 0.4) is 0 Å². The maximum Gasteiger partial charge on any atom is 0.270 e. The van der Waals surface area contributed by atoms with Gasteiger partial charge in [-0.3, -0.25) is 19.8 Å². The van der Waals surface area contributed by atoms with Gasteiger partial charge < -0.3 is 4.90 Å². The normalized spacial score (nSPS) is 10.8. The van der Waals surface area contributed by atoms with Crippen LogP contribution in [0.4, 0.5) is 10.8 Å². The maximum atomic E-state index is 13.0. The van der Waals surface area contributed by atoms with E-state index in [-0.39, 0.29) is 24.0 Å². The summed E-state index contributed by atoms with van der Waals surface area (Å²) in [7, 11) is 3.99. The number of thiazole rings is 1. The van der Waals surface area contributed by atoms with Crippen LogP contribution in [-0.2, 0) is 4.79 Å². The number of rotatable bonds is 9. The van der Waals surface area contributed by atoms with Crippen LogP contribution in [0.5, 0.6) is 0 Å². The van der Waals surface area contributed by atoms with E-state index in [4.69, 9.17) is 0 Å². The van der Waals surface area contributed by atoms with Gasteiger partial charge in [-0.2, -0.15) is 0 Å². The molecular formula is C20H23ClN4O3S2. The SMILES string of the molecule is CN(C)CCCN(C(=O)CSc1ccccc1)c1nc2ccc([N+](=O)[O-])cc2s1.Cl. The molecule has 1 heterocycles. The van der Waals surface area contributed by atoms with Gasteiger partial charge in [0.2, 0.25) is 5.91 Å². The number of fused-ring (bicyclic) bond motifs is 1. The Morgan fingerprint density at radius 1 is 1.17 bits per heavy atom. The van der Waals surface area contributed by atoms with E-state index >= 15 is 0 Å². The first-order valence-electron chi connectivity index (χ1n) is 9.12. The molecule has 3 aromatic rings. The van der Waals surface area contributed by atoms with Crippen LogP contribution < -0.4 is 4.90 Å². The van der Waals surface area contributed by atoms with Gasteiger partial charge in [0.1, 0.15) is 0 Å². The van der Waals surface area contributed by atoms with Gasteiger partial charge in [-0.05, 0) is 45.3 Å². The monoisotopic (exact) mass is 466 g/mol. The molecule has 0 aliphatic carbocycles. The zero-order valence-electron chi connectivity index (χ0n) is 16.7. The second-order valence-corrected chi connectivity index (χ2v) is 8.77. The highest BCUT2D eigenvalue weighted by Crippen LogP contribution is 2.32. The van der Waals surface area contributed by atoms with Crippen LogP contribution in [0.25, 0.3) is 10.2 Å².